The predicted molar refractivity (Wildman–Crippen MR) is 82.5 cm³/mol. The van der Waals surface area contributed by atoms with Crippen LogP contribution < -0.4 is 10.1 Å². The van der Waals surface area contributed by atoms with Crippen molar-refractivity contribution in [2.75, 3.05) is 0 Å². The fraction of sp³-hybridized carbons (Fsp3) is 0.400. The average molecular weight is 322 g/mol. The van der Waals surface area contributed by atoms with Gasteiger partial charge in [0.1, 0.15) is 10.8 Å². The van der Waals surface area contributed by atoms with E-state index in [0.29, 0.717) is 17.9 Å². The van der Waals surface area contributed by atoms with Gasteiger partial charge in [0.2, 0.25) is 5.88 Å². The highest BCUT2D eigenvalue weighted by Gasteiger charge is 2.17. The first-order valence-electron chi connectivity index (χ1n) is 6.77. The molecule has 0 saturated carbocycles. The standard InChI is InChI=1S/C15H18N2O4S/c1-9(18)11-6-5-10(20-11)7-13-16-12(8-22-13)21-14(19)17-15(2,3)4/h5-6,8H,7H2,1-4H3,(H,17,19). The van der Waals surface area contributed by atoms with Crippen LogP contribution in [0.25, 0.3) is 0 Å². The van der Waals surface area contributed by atoms with E-state index in [1.165, 1.54) is 18.3 Å². The van der Waals surface area contributed by atoms with Crippen LogP contribution in [-0.4, -0.2) is 22.4 Å². The molecule has 1 amide bonds. The van der Waals surface area contributed by atoms with Gasteiger partial charge in [0, 0.05) is 12.5 Å². The van der Waals surface area contributed by atoms with Crippen LogP contribution in [0.4, 0.5) is 4.79 Å². The van der Waals surface area contributed by atoms with Gasteiger partial charge >= 0.3 is 6.09 Å². The van der Waals surface area contributed by atoms with E-state index in [-0.39, 0.29) is 17.2 Å². The van der Waals surface area contributed by atoms with Crippen molar-refractivity contribution in [3.8, 4) is 5.88 Å². The third kappa shape index (κ3) is 4.70. The molecule has 0 saturated heterocycles. The zero-order valence-electron chi connectivity index (χ0n) is 12.9. The third-order valence-corrected chi connectivity index (χ3v) is 3.37. The Labute approximate surface area is 132 Å². The van der Waals surface area contributed by atoms with Crippen LogP contribution in [-0.2, 0) is 6.42 Å². The summed E-state index contributed by atoms with van der Waals surface area (Å²) < 4.78 is 10.5. The second-order valence-corrected chi connectivity index (χ2v) is 6.79. The van der Waals surface area contributed by atoms with Crippen molar-refractivity contribution < 1.29 is 18.7 Å². The highest BCUT2D eigenvalue weighted by Crippen LogP contribution is 2.21. The average Bonchev–Trinajstić information content (AvgIpc) is 2.97. The van der Waals surface area contributed by atoms with Gasteiger partial charge in [0.05, 0.1) is 11.8 Å². The van der Waals surface area contributed by atoms with Gasteiger partial charge in [-0.05, 0) is 32.9 Å². The fourth-order valence-corrected chi connectivity index (χ4v) is 2.37. The minimum atomic E-state index is -0.541. The Morgan fingerprint density at radius 2 is 2.09 bits per heavy atom. The van der Waals surface area contributed by atoms with Gasteiger partial charge in [-0.2, -0.15) is 0 Å². The summed E-state index contributed by atoms with van der Waals surface area (Å²) in [5, 5.41) is 5.09. The molecule has 118 valence electrons. The third-order valence-electron chi connectivity index (χ3n) is 2.54. The molecule has 1 N–H and O–H groups in total. The van der Waals surface area contributed by atoms with Crippen molar-refractivity contribution in [2.45, 2.75) is 39.7 Å². The molecule has 0 aliphatic rings. The van der Waals surface area contributed by atoms with E-state index < -0.39 is 6.09 Å². The van der Waals surface area contributed by atoms with Crippen molar-refractivity contribution in [3.63, 3.8) is 0 Å². The molecule has 0 fully saturated rings. The Morgan fingerprint density at radius 1 is 1.36 bits per heavy atom. The summed E-state index contributed by atoms with van der Waals surface area (Å²) in [7, 11) is 0. The molecule has 2 rings (SSSR count). The molecule has 7 heteroatoms. The molecule has 0 atom stereocenters. The monoisotopic (exact) mass is 322 g/mol. The maximum atomic E-state index is 11.6. The van der Waals surface area contributed by atoms with Crippen LogP contribution in [0.3, 0.4) is 0 Å². The Balaban J connectivity index is 1.96. The predicted octanol–water partition coefficient (Wildman–Crippen LogP) is 3.42. The second kappa shape index (κ2) is 6.31. The van der Waals surface area contributed by atoms with Crippen molar-refractivity contribution in [1.29, 1.82) is 0 Å². The highest BCUT2D eigenvalue weighted by molar-refractivity contribution is 7.09. The smallest absolute Gasteiger partial charge is 0.414 e. The number of hydrogen-bond acceptors (Lipinski definition) is 6. The van der Waals surface area contributed by atoms with E-state index in [1.807, 2.05) is 20.8 Å². The molecule has 0 spiro atoms. The minimum absolute atomic E-state index is 0.117. The van der Waals surface area contributed by atoms with Gasteiger partial charge in [-0.1, -0.05) is 0 Å². The summed E-state index contributed by atoms with van der Waals surface area (Å²) in [5.41, 5.74) is -0.368. The van der Waals surface area contributed by atoms with Crippen LogP contribution >= 0.6 is 11.3 Å². The van der Waals surface area contributed by atoms with E-state index >= 15 is 0 Å². The molecule has 0 aromatic carbocycles. The normalized spacial score (nSPS) is 11.3. The van der Waals surface area contributed by atoms with Crippen molar-refractivity contribution in [2.24, 2.45) is 0 Å². The molecule has 2 aromatic heterocycles. The van der Waals surface area contributed by atoms with E-state index in [2.05, 4.69) is 10.3 Å². The zero-order valence-corrected chi connectivity index (χ0v) is 13.7. The van der Waals surface area contributed by atoms with Crippen molar-refractivity contribution in [1.82, 2.24) is 10.3 Å². The molecule has 0 aliphatic heterocycles. The summed E-state index contributed by atoms with van der Waals surface area (Å²) >= 11 is 1.36. The minimum Gasteiger partial charge on any atom is -0.458 e. The number of carbonyl (C=O) groups excluding carboxylic acids is 2. The SMILES string of the molecule is CC(=O)c1ccc(Cc2nc(OC(=O)NC(C)(C)C)cs2)o1. The summed E-state index contributed by atoms with van der Waals surface area (Å²) in [5.74, 6) is 1.10. The van der Waals surface area contributed by atoms with E-state index in [0.717, 1.165) is 5.01 Å². The Hall–Kier alpha value is -2.15. The number of ketones is 1. The number of carbonyl (C=O) groups is 2. The van der Waals surface area contributed by atoms with Crippen LogP contribution in [0.15, 0.2) is 21.9 Å². The number of aromatic nitrogens is 1. The lowest BCUT2D eigenvalue weighted by atomic mass is 10.1. The van der Waals surface area contributed by atoms with Crippen LogP contribution in [0.1, 0.15) is 49.0 Å². The quantitative estimate of drug-likeness (QED) is 0.872. The Kier molecular flexibility index (Phi) is 4.65. The number of nitrogens with zero attached hydrogens (tertiary/aromatic N) is 1. The maximum Gasteiger partial charge on any atom is 0.414 e. The summed E-state index contributed by atoms with van der Waals surface area (Å²) in [6, 6.07) is 3.38. The van der Waals surface area contributed by atoms with E-state index in [4.69, 9.17) is 9.15 Å². The summed E-state index contributed by atoms with van der Waals surface area (Å²) in [4.78, 5) is 27.0. The van der Waals surface area contributed by atoms with Gasteiger partial charge in [-0.25, -0.2) is 9.78 Å². The fourth-order valence-electron chi connectivity index (χ4n) is 1.66. The number of amides is 1. The zero-order chi connectivity index (χ0) is 16.3. The van der Waals surface area contributed by atoms with E-state index in [1.54, 1.807) is 17.5 Å². The summed E-state index contributed by atoms with van der Waals surface area (Å²) in [6.07, 6.45) is -0.0939. The molecule has 22 heavy (non-hydrogen) atoms. The van der Waals surface area contributed by atoms with E-state index in [9.17, 15) is 9.59 Å². The largest absolute Gasteiger partial charge is 0.458 e. The molecule has 2 aromatic rings. The lowest BCUT2D eigenvalue weighted by Crippen LogP contribution is -2.42. The van der Waals surface area contributed by atoms with Gasteiger partial charge in [-0.15, -0.1) is 11.3 Å². The molecular formula is C15H18N2O4S. The van der Waals surface area contributed by atoms with Gasteiger partial charge < -0.3 is 14.5 Å². The van der Waals surface area contributed by atoms with Gasteiger partial charge in [0.25, 0.3) is 0 Å². The van der Waals surface area contributed by atoms with Crippen LogP contribution in [0.2, 0.25) is 0 Å². The number of furan rings is 1. The lowest BCUT2D eigenvalue weighted by Gasteiger charge is -2.19. The van der Waals surface area contributed by atoms with Crippen molar-refractivity contribution in [3.05, 3.63) is 34.0 Å². The van der Waals surface area contributed by atoms with Gasteiger partial charge in [-0.3, -0.25) is 4.79 Å². The topological polar surface area (TPSA) is 81.4 Å². The van der Waals surface area contributed by atoms with Crippen LogP contribution in [0, 0.1) is 0 Å². The number of thiazole rings is 1. The molecular weight excluding hydrogens is 304 g/mol. The molecule has 0 aliphatic carbocycles. The Morgan fingerprint density at radius 3 is 2.68 bits per heavy atom. The first-order valence-corrected chi connectivity index (χ1v) is 7.65. The molecule has 0 unspecified atom stereocenters. The molecule has 2 heterocycles. The van der Waals surface area contributed by atoms with Crippen molar-refractivity contribution >= 4 is 23.2 Å². The molecule has 0 bridgehead atoms. The maximum absolute atomic E-state index is 11.6. The number of rotatable bonds is 4. The number of hydrogen-bond donors (Lipinski definition) is 1. The lowest BCUT2D eigenvalue weighted by molar-refractivity contribution is 0.0985. The number of nitrogens with one attached hydrogen (secondary N) is 1. The molecule has 6 nitrogen and oxygen atoms in total. The first-order chi connectivity index (χ1) is 10.2. The highest BCUT2D eigenvalue weighted by atomic mass is 32.1. The second-order valence-electron chi connectivity index (χ2n) is 5.84. The number of ether oxygens (including phenoxy) is 1. The van der Waals surface area contributed by atoms with Gasteiger partial charge in [0.15, 0.2) is 11.5 Å². The number of Topliss-reactive ketones (excluding diaryl/α,β-unsaturated/α-hetero) is 1. The first kappa shape index (κ1) is 16.2. The summed E-state index contributed by atoms with van der Waals surface area (Å²) in [6.45, 7) is 7.05. The van der Waals surface area contributed by atoms with Crippen LogP contribution in [0.5, 0.6) is 5.88 Å². The molecule has 0 radical (unpaired) electrons. The Bertz CT molecular complexity index is 682.